The first kappa shape index (κ1) is 10.9. The molecule has 0 amide bonds. The Bertz CT molecular complexity index is 559. The lowest BCUT2D eigenvalue weighted by molar-refractivity contribution is 0.104. The summed E-state index contributed by atoms with van der Waals surface area (Å²) in [6, 6.07) is 3.82. The Morgan fingerprint density at radius 3 is 2.82 bits per heavy atom. The molecule has 17 heavy (non-hydrogen) atoms. The lowest BCUT2D eigenvalue weighted by Gasteiger charge is -2.00. The molecule has 5 nitrogen and oxygen atoms in total. The minimum absolute atomic E-state index is 0.0888. The average molecular weight is 230 g/mol. The summed E-state index contributed by atoms with van der Waals surface area (Å²) >= 11 is 0. The van der Waals surface area contributed by atoms with Gasteiger partial charge in [0.05, 0.1) is 5.56 Å². The minimum atomic E-state index is -0.362. The van der Waals surface area contributed by atoms with Crippen LogP contribution >= 0.6 is 0 Å². The molecule has 0 atom stereocenters. The number of carbonyl (C=O) groups is 1. The standard InChI is InChI=1S/C12H10N2O3/c15-8-1-2-9(11(17)7-8)10(16)3-4-12-13-5-6-14-12/h1-7,15,17H,(H,13,14)/b4-3+. The third-order valence-corrected chi connectivity index (χ3v) is 2.16. The maximum Gasteiger partial charge on any atom is 0.189 e. The van der Waals surface area contributed by atoms with E-state index in [2.05, 4.69) is 9.97 Å². The highest BCUT2D eigenvalue weighted by molar-refractivity contribution is 6.08. The molecule has 86 valence electrons. The average Bonchev–Trinajstić information content (AvgIpc) is 2.78. The number of nitrogens with one attached hydrogen (secondary N) is 1. The van der Waals surface area contributed by atoms with Crippen molar-refractivity contribution in [1.82, 2.24) is 9.97 Å². The second kappa shape index (κ2) is 4.52. The molecular formula is C12H10N2O3. The number of aromatic amines is 1. The predicted octanol–water partition coefficient (Wildman–Crippen LogP) is 1.72. The Balaban J connectivity index is 2.20. The number of phenolic OH excluding ortho intramolecular Hbond substituents is 2. The second-order valence-corrected chi connectivity index (χ2v) is 3.37. The van der Waals surface area contributed by atoms with Gasteiger partial charge in [0, 0.05) is 18.5 Å². The molecule has 1 aromatic carbocycles. The van der Waals surface area contributed by atoms with Gasteiger partial charge in [-0.1, -0.05) is 0 Å². The third kappa shape index (κ3) is 2.52. The summed E-state index contributed by atoms with van der Waals surface area (Å²) in [5, 5.41) is 18.6. The predicted molar refractivity (Wildman–Crippen MR) is 61.7 cm³/mol. The normalized spacial score (nSPS) is 10.8. The maximum absolute atomic E-state index is 11.7. The van der Waals surface area contributed by atoms with Crippen LogP contribution in [0.2, 0.25) is 0 Å². The quantitative estimate of drug-likeness (QED) is 0.553. The fraction of sp³-hybridized carbons (Fsp3) is 0. The van der Waals surface area contributed by atoms with Crippen molar-refractivity contribution in [3.8, 4) is 11.5 Å². The number of phenols is 2. The van der Waals surface area contributed by atoms with E-state index in [0.29, 0.717) is 5.82 Å². The van der Waals surface area contributed by atoms with E-state index in [4.69, 9.17) is 5.11 Å². The van der Waals surface area contributed by atoms with Crippen molar-refractivity contribution >= 4 is 11.9 Å². The number of hydrogen-bond acceptors (Lipinski definition) is 4. The van der Waals surface area contributed by atoms with Gasteiger partial charge in [0.1, 0.15) is 17.3 Å². The first-order valence-electron chi connectivity index (χ1n) is 4.90. The molecule has 2 rings (SSSR count). The molecule has 5 heteroatoms. The number of hydrogen-bond donors (Lipinski definition) is 3. The number of nitrogens with zero attached hydrogens (tertiary/aromatic N) is 1. The summed E-state index contributed by atoms with van der Waals surface area (Å²) in [4.78, 5) is 18.4. The molecule has 0 radical (unpaired) electrons. The number of benzene rings is 1. The van der Waals surface area contributed by atoms with Crippen molar-refractivity contribution in [2.75, 3.05) is 0 Å². The van der Waals surface area contributed by atoms with Crippen LogP contribution in [0.1, 0.15) is 16.2 Å². The number of carbonyl (C=O) groups excluding carboxylic acids is 1. The van der Waals surface area contributed by atoms with Crippen molar-refractivity contribution < 1.29 is 15.0 Å². The Kier molecular flexibility index (Phi) is 2.91. The Labute approximate surface area is 97.1 Å². The highest BCUT2D eigenvalue weighted by atomic mass is 16.3. The van der Waals surface area contributed by atoms with Gasteiger partial charge in [-0.2, -0.15) is 0 Å². The smallest absolute Gasteiger partial charge is 0.189 e. The van der Waals surface area contributed by atoms with E-state index in [1.807, 2.05) is 0 Å². The number of rotatable bonds is 3. The summed E-state index contributed by atoms with van der Waals surface area (Å²) in [6.07, 6.45) is 6.02. The highest BCUT2D eigenvalue weighted by Crippen LogP contribution is 2.23. The Morgan fingerprint density at radius 1 is 1.35 bits per heavy atom. The second-order valence-electron chi connectivity index (χ2n) is 3.37. The third-order valence-electron chi connectivity index (χ3n) is 2.16. The van der Waals surface area contributed by atoms with Gasteiger partial charge in [0.15, 0.2) is 5.78 Å². The van der Waals surface area contributed by atoms with Crippen LogP contribution in [0.25, 0.3) is 6.08 Å². The molecule has 0 aliphatic rings. The van der Waals surface area contributed by atoms with Gasteiger partial charge in [-0.3, -0.25) is 4.79 Å². The molecule has 0 unspecified atom stereocenters. The molecule has 0 fully saturated rings. The van der Waals surface area contributed by atoms with Crippen LogP contribution in [-0.4, -0.2) is 26.0 Å². The Hall–Kier alpha value is -2.56. The molecule has 0 bridgehead atoms. The zero-order chi connectivity index (χ0) is 12.3. The molecule has 0 saturated heterocycles. The molecule has 1 aromatic heterocycles. The van der Waals surface area contributed by atoms with Crippen molar-refractivity contribution in [3.05, 3.63) is 48.1 Å². The summed E-state index contributed by atoms with van der Waals surface area (Å²) in [6.45, 7) is 0. The largest absolute Gasteiger partial charge is 0.508 e. The van der Waals surface area contributed by atoms with Gasteiger partial charge < -0.3 is 15.2 Å². The molecular weight excluding hydrogens is 220 g/mol. The number of allylic oxidation sites excluding steroid dienone is 1. The summed E-state index contributed by atoms with van der Waals surface area (Å²) < 4.78 is 0. The van der Waals surface area contributed by atoms with E-state index in [1.54, 1.807) is 12.4 Å². The molecule has 0 aliphatic carbocycles. The van der Waals surface area contributed by atoms with Crippen LogP contribution in [0.15, 0.2) is 36.7 Å². The minimum Gasteiger partial charge on any atom is -0.508 e. The van der Waals surface area contributed by atoms with Gasteiger partial charge in [-0.15, -0.1) is 0 Å². The van der Waals surface area contributed by atoms with E-state index < -0.39 is 0 Å². The van der Waals surface area contributed by atoms with E-state index in [1.165, 1.54) is 24.3 Å². The first-order chi connectivity index (χ1) is 8.16. The van der Waals surface area contributed by atoms with Gasteiger partial charge in [-0.25, -0.2) is 4.98 Å². The SMILES string of the molecule is O=C(/C=C/c1ncc[nH]1)c1ccc(O)cc1O. The van der Waals surface area contributed by atoms with Gasteiger partial charge in [0.2, 0.25) is 0 Å². The molecule has 1 heterocycles. The van der Waals surface area contributed by atoms with Crippen molar-refractivity contribution in [1.29, 1.82) is 0 Å². The lowest BCUT2D eigenvalue weighted by atomic mass is 10.1. The number of aromatic hydroxyl groups is 2. The monoisotopic (exact) mass is 230 g/mol. The number of H-pyrrole nitrogens is 1. The lowest BCUT2D eigenvalue weighted by Crippen LogP contribution is -1.94. The first-order valence-corrected chi connectivity index (χ1v) is 4.90. The summed E-state index contributed by atoms with van der Waals surface area (Å²) in [7, 11) is 0. The molecule has 0 saturated carbocycles. The maximum atomic E-state index is 11.7. The van der Waals surface area contributed by atoms with Crippen LogP contribution < -0.4 is 0 Å². The van der Waals surface area contributed by atoms with Gasteiger partial charge in [-0.05, 0) is 24.3 Å². The molecule has 2 aromatic rings. The van der Waals surface area contributed by atoms with Crippen LogP contribution in [0, 0.1) is 0 Å². The van der Waals surface area contributed by atoms with E-state index in [9.17, 15) is 9.90 Å². The fourth-order valence-electron chi connectivity index (χ4n) is 1.34. The zero-order valence-electron chi connectivity index (χ0n) is 8.79. The van der Waals surface area contributed by atoms with Crippen LogP contribution in [0.4, 0.5) is 0 Å². The van der Waals surface area contributed by atoms with Crippen LogP contribution in [0.3, 0.4) is 0 Å². The Morgan fingerprint density at radius 2 is 2.18 bits per heavy atom. The van der Waals surface area contributed by atoms with Crippen LogP contribution in [-0.2, 0) is 0 Å². The summed E-state index contributed by atoms with van der Waals surface area (Å²) in [5.41, 5.74) is 0.130. The van der Waals surface area contributed by atoms with E-state index in [-0.39, 0.29) is 22.8 Å². The zero-order valence-corrected chi connectivity index (χ0v) is 8.79. The molecule has 0 aliphatic heterocycles. The number of aromatic nitrogens is 2. The van der Waals surface area contributed by atoms with E-state index in [0.717, 1.165) is 6.07 Å². The van der Waals surface area contributed by atoms with Crippen molar-refractivity contribution in [2.45, 2.75) is 0 Å². The summed E-state index contributed by atoms with van der Waals surface area (Å²) in [5.74, 6) is -0.149. The van der Waals surface area contributed by atoms with Crippen LogP contribution in [0.5, 0.6) is 11.5 Å². The number of imidazole rings is 1. The van der Waals surface area contributed by atoms with Crippen molar-refractivity contribution in [3.63, 3.8) is 0 Å². The number of ketones is 1. The molecule has 0 spiro atoms. The molecule has 3 N–H and O–H groups in total. The fourth-order valence-corrected chi connectivity index (χ4v) is 1.34. The van der Waals surface area contributed by atoms with Gasteiger partial charge >= 0.3 is 0 Å². The van der Waals surface area contributed by atoms with Gasteiger partial charge in [0.25, 0.3) is 0 Å². The highest BCUT2D eigenvalue weighted by Gasteiger charge is 2.08. The van der Waals surface area contributed by atoms with Crippen molar-refractivity contribution in [2.24, 2.45) is 0 Å². The topological polar surface area (TPSA) is 86.2 Å². The van der Waals surface area contributed by atoms with E-state index >= 15 is 0 Å².